The Morgan fingerprint density at radius 3 is 2.44 bits per heavy atom. The van der Waals surface area contributed by atoms with Crippen LogP contribution in [0.5, 0.6) is 0 Å². The van der Waals surface area contributed by atoms with Gasteiger partial charge in [0.15, 0.2) is 0 Å². The number of nitrogens with one attached hydrogen (secondary N) is 1. The van der Waals surface area contributed by atoms with Crippen LogP contribution in [0.4, 0.5) is 10.1 Å². The van der Waals surface area contributed by atoms with Crippen LogP contribution < -0.4 is 10.2 Å². The minimum Gasteiger partial charge on any atom is -0.368 e. The second-order valence-corrected chi connectivity index (χ2v) is 9.55. The molecule has 0 aromatic heterocycles. The zero-order chi connectivity index (χ0) is 22.4. The zero-order valence-corrected chi connectivity index (χ0v) is 18.1. The molecule has 1 N–H and O–H groups in total. The number of benzene rings is 1. The summed E-state index contributed by atoms with van der Waals surface area (Å²) in [6, 6.07) is 2.17. The minimum atomic E-state index is -0.726. The molecule has 2 saturated carbocycles. The van der Waals surface area contributed by atoms with Crippen LogP contribution >= 0.6 is 0 Å². The van der Waals surface area contributed by atoms with E-state index in [1.165, 1.54) is 29.9 Å². The molecule has 2 heterocycles. The molecule has 1 aromatic carbocycles. The van der Waals surface area contributed by atoms with E-state index < -0.39 is 17.8 Å². The molecular weight excluding hydrogens is 413 g/mol. The Kier molecular flexibility index (Phi) is 5.47. The van der Waals surface area contributed by atoms with E-state index in [2.05, 4.69) is 10.2 Å². The Balaban J connectivity index is 1.46. The monoisotopic (exact) mass is 441 g/mol. The lowest BCUT2D eigenvalue weighted by Crippen LogP contribution is -2.52. The van der Waals surface area contributed by atoms with Crippen LogP contribution in [0.25, 0.3) is 0 Å². The van der Waals surface area contributed by atoms with Gasteiger partial charge in [-0.3, -0.25) is 24.5 Å². The third-order valence-electron chi connectivity index (χ3n) is 7.34. The van der Waals surface area contributed by atoms with Gasteiger partial charge in [-0.25, -0.2) is 4.39 Å². The molecule has 2 aliphatic heterocycles. The van der Waals surface area contributed by atoms with E-state index >= 15 is 0 Å². The predicted molar refractivity (Wildman–Crippen MR) is 114 cm³/mol. The molecule has 1 atom stereocenters. The number of ketones is 1. The Hall–Kier alpha value is -2.77. The molecule has 0 radical (unpaired) electrons. The summed E-state index contributed by atoms with van der Waals surface area (Å²) in [5, 5.41) is 2.31. The van der Waals surface area contributed by atoms with Gasteiger partial charge in [0.1, 0.15) is 17.6 Å². The number of hydrogen-bond acceptors (Lipinski definition) is 5. The van der Waals surface area contributed by atoms with Gasteiger partial charge in [-0.2, -0.15) is 0 Å². The van der Waals surface area contributed by atoms with Crippen molar-refractivity contribution in [1.29, 1.82) is 0 Å². The van der Waals surface area contributed by atoms with Crippen molar-refractivity contribution in [1.82, 2.24) is 10.2 Å². The summed E-state index contributed by atoms with van der Waals surface area (Å²) in [5.74, 6) is -0.671. The molecule has 1 saturated heterocycles. The highest BCUT2D eigenvalue weighted by molar-refractivity contribution is 6.06. The first-order chi connectivity index (χ1) is 15.4. The van der Waals surface area contributed by atoms with Crippen LogP contribution in [0.15, 0.2) is 12.1 Å². The molecule has 8 heteroatoms. The summed E-state index contributed by atoms with van der Waals surface area (Å²) in [4.78, 5) is 52.6. The first kappa shape index (κ1) is 21.1. The van der Waals surface area contributed by atoms with Gasteiger partial charge in [-0.1, -0.05) is 12.8 Å². The van der Waals surface area contributed by atoms with Crippen LogP contribution in [0.3, 0.4) is 0 Å². The van der Waals surface area contributed by atoms with Gasteiger partial charge >= 0.3 is 0 Å². The quantitative estimate of drug-likeness (QED) is 0.686. The molecule has 170 valence electrons. The summed E-state index contributed by atoms with van der Waals surface area (Å²) in [7, 11) is 0. The molecule has 1 aromatic rings. The third-order valence-corrected chi connectivity index (χ3v) is 7.34. The van der Waals surface area contributed by atoms with Crippen LogP contribution in [0.1, 0.15) is 73.7 Å². The number of carbonyl (C=O) groups excluding carboxylic acids is 4. The molecule has 3 amide bonds. The number of imide groups is 1. The van der Waals surface area contributed by atoms with Crippen molar-refractivity contribution >= 4 is 29.2 Å². The third kappa shape index (κ3) is 4.02. The van der Waals surface area contributed by atoms with Gasteiger partial charge in [0, 0.05) is 55.2 Å². The second kappa shape index (κ2) is 8.30. The lowest BCUT2D eigenvalue weighted by atomic mass is 9.91. The summed E-state index contributed by atoms with van der Waals surface area (Å²) in [6.45, 7) is 0.994. The van der Waals surface area contributed by atoms with Crippen molar-refractivity contribution in [3.05, 3.63) is 29.1 Å². The molecular formula is C24H28FN3O4. The summed E-state index contributed by atoms with van der Waals surface area (Å²) >= 11 is 0. The molecule has 1 unspecified atom stereocenters. The van der Waals surface area contributed by atoms with E-state index in [4.69, 9.17) is 0 Å². The van der Waals surface area contributed by atoms with Gasteiger partial charge in [0.2, 0.25) is 11.8 Å². The van der Waals surface area contributed by atoms with Crippen molar-refractivity contribution in [2.24, 2.45) is 5.92 Å². The number of anilines is 1. The number of halogens is 1. The number of carbonyl (C=O) groups is 4. The fraction of sp³-hybridized carbons (Fsp3) is 0.583. The normalized spacial score (nSPS) is 24.0. The van der Waals surface area contributed by atoms with E-state index in [0.717, 1.165) is 31.4 Å². The molecule has 2 aliphatic carbocycles. The molecule has 7 nitrogen and oxygen atoms in total. The standard InChI is InChI=1S/C24H28FN3O4/c25-15-11-18-19(13-28(24(18)32)20-7-8-22(30)26-23(20)31)21(12-15)27(10-9-14-1-2-14)16-3-5-17(29)6-4-16/h11-12,14,16,20H,1-10,13H2,(H,26,30,31). The maximum absolute atomic E-state index is 14.7. The Morgan fingerprint density at radius 1 is 1.00 bits per heavy atom. The molecule has 0 bridgehead atoms. The lowest BCUT2D eigenvalue weighted by Gasteiger charge is -2.37. The van der Waals surface area contributed by atoms with Gasteiger partial charge in [-0.15, -0.1) is 0 Å². The highest BCUT2D eigenvalue weighted by Gasteiger charge is 2.41. The van der Waals surface area contributed by atoms with Crippen molar-refractivity contribution in [2.45, 2.75) is 76.4 Å². The largest absolute Gasteiger partial charge is 0.368 e. The first-order valence-corrected chi connectivity index (χ1v) is 11.7. The lowest BCUT2D eigenvalue weighted by molar-refractivity contribution is -0.137. The van der Waals surface area contributed by atoms with E-state index in [1.807, 2.05) is 0 Å². The van der Waals surface area contributed by atoms with E-state index in [1.54, 1.807) is 0 Å². The number of hydrogen-bond donors (Lipinski definition) is 1. The average Bonchev–Trinajstić information content (AvgIpc) is 3.53. The highest BCUT2D eigenvalue weighted by Crippen LogP contribution is 2.39. The summed E-state index contributed by atoms with van der Waals surface area (Å²) in [5.41, 5.74) is 1.75. The number of fused-ring (bicyclic) bond motifs is 1. The number of Topliss-reactive ketones (excluding diaryl/α,β-unsaturated/α-hetero) is 1. The fourth-order valence-electron chi connectivity index (χ4n) is 5.33. The molecule has 3 fully saturated rings. The van der Waals surface area contributed by atoms with Crippen molar-refractivity contribution in [3.63, 3.8) is 0 Å². The number of piperidine rings is 1. The minimum absolute atomic E-state index is 0.136. The highest BCUT2D eigenvalue weighted by atomic mass is 19.1. The van der Waals surface area contributed by atoms with Crippen LogP contribution in [-0.4, -0.2) is 47.0 Å². The SMILES string of the molecule is O=C1CCC(N(CCC2CC2)c2cc(F)cc3c2CN(C2CCC(=O)NC2=O)C3=O)CC1. The summed E-state index contributed by atoms with van der Waals surface area (Å²) in [6.07, 6.45) is 6.45. The van der Waals surface area contributed by atoms with E-state index in [9.17, 15) is 23.6 Å². The van der Waals surface area contributed by atoms with Crippen molar-refractivity contribution in [2.75, 3.05) is 11.4 Å². The smallest absolute Gasteiger partial charge is 0.255 e. The molecule has 0 spiro atoms. The van der Waals surface area contributed by atoms with Crippen LogP contribution in [0, 0.1) is 11.7 Å². The van der Waals surface area contributed by atoms with Crippen LogP contribution in [-0.2, 0) is 20.9 Å². The van der Waals surface area contributed by atoms with E-state index in [0.29, 0.717) is 30.0 Å². The van der Waals surface area contributed by atoms with Gasteiger partial charge in [0.05, 0.1) is 0 Å². The predicted octanol–water partition coefficient (Wildman–Crippen LogP) is 2.70. The molecule has 32 heavy (non-hydrogen) atoms. The van der Waals surface area contributed by atoms with E-state index in [-0.39, 0.29) is 43.0 Å². The number of rotatable bonds is 6. The van der Waals surface area contributed by atoms with Gasteiger partial charge in [-0.05, 0) is 43.7 Å². The van der Waals surface area contributed by atoms with Crippen molar-refractivity contribution < 1.29 is 23.6 Å². The van der Waals surface area contributed by atoms with Crippen LogP contribution in [0.2, 0.25) is 0 Å². The molecule has 4 aliphatic rings. The zero-order valence-electron chi connectivity index (χ0n) is 18.1. The van der Waals surface area contributed by atoms with Gasteiger partial charge in [0.25, 0.3) is 5.91 Å². The van der Waals surface area contributed by atoms with Gasteiger partial charge < -0.3 is 9.80 Å². The summed E-state index contributed by atoms with van der Waals surface area (Å²) < 4.78 is 14.7. The first-order valence-electron chi connectivity index (χ1n) is 11.7. The Morgan fingerprint density at radius 2 is 1.75 bits per heavy atom. The van der Waals surface area contributed by atoms with Crippen molar-refractivity contribution in [3.8, 4) is 0 Å². The topological polar surface area (TPSA) is 86.8 Å². The Bertz CT molecular complexity index is 980. The number of nitrogens with zero attached hydrogens (tertiary/aromatic N) is 2. The maximum Gasteiger partial charge on any atom is 0.255 e. The average molecular weight is 442 g/mol. The molecule has 5 rings (SSSR count). The fourth-order valence-corrected chi connectivity index (χ4v) is 5.33. The maximum atomic E-state index is 14.7. The number of amides is 3. The Labute approximate surface area is 186 Å². The second-order valence-electron chi connectivity index (χ2n) is 9.55.